The van der Waals surface area contributed by atoms with Crippen LogP contribution in [0.3, 0.4) is 0 Å². The van der Waals surface area contributed by atoms with E-state index in [-0.39, 0.29) is 5.91 Å². The average molecular weight is 279 g/mol. The molecule has 3 nitrogen and oxygen atoms in total. The molecule has 3 rings (SSSR count). The second kappa shape index (κ2) is 6.44. The maximum atomic E-state index is 12.3. The van der Waals surface area contributed by atoms with E-state index < -0.39 is 0 Å². The maximum absolute atomic E-state index is 12.3. The summed E-state index contributed by atoms with van der Waals surface area (Å²) in [7, 11) is 0. The number of hydrogen-bond donors (Lipinski definition) is 1. The first kappa shape index (κ1) is 13.7. The minimum atomic E-state index is -0.0755. The molecule has 0 bridgehead atoms. The lowest BCUT2D eigenvalue weighted by atomic mass is 10.1. The second-order valence-electron chi connectivity index (χ2n) is 5.34. The number of hydrogen-bond acceptors (Lipinski definition) is 2. The Kier molecular flexibility index (Phi) is 4.20. The van der Waals surface area contributed by atoms with Gasteiger partial charge in [0.25, 0.3) is 5.91 Å². The van der Waals surface area contributed by atoms with Gasteiger partial charge in [0.05, 0.1) is 0 Å². The summed E-state index contributed by atoms with van der Waals surface area (Å²) in [5.74, 6) is -0.0755. The predicted octanol–water partition coefficient (Wildman–Crippen LogP) is 3.73. The Labute approximate surface area is 125 Å². The lowest BCUT2D eigenvalue weighted by Gasteiger charge is -2.29. The zero-order valence-corrected chi connectivity index (χ0v) is 12.0. The summed E-state index contributed by atoms with van der Waals surface area (Å²) in [6.45, 7) is 2.16. The third-order valence-electron chi connectivity index (χ3n) is 3.79. The predicted molar refractivity (Wildman–Crippen MR) is 85.7 cm³/mol. The standard InChI is InChI=1S/C18H19N2O/c21-18(19-16-9-3-1-4-10-16)15-8-7-11-17(14-15)20-12-5-2-6-13-20/h1,3,7-11,14H,2,5-6,12-13H2,(H,19,21). The number of nitrogens with zero attached hydrogens (tertiary/aromatic N) is 1. The molecule has 1 amide bonds. The molecule has 21 heavy (non-hydrogen) atoms. The van der Waals surface area contributed by atoms with Crippen LogP contribution in [0.4, 0.5) is 11.4 Å². The van der Waals surface area contributed by atoms with E-state index in [1.807, 2.05) is 36.4 Å². The Bertz CT molecular complexity index is 604. The van der Waals surface area contributed by atoms with Crippen LogP contribution in [0.25, 0.3) is 0 Å². The number of rotatable bonds is 3. The first-order chi connectivity index (χ1) is 10.3. The Morgan fingerprint density at radius 1 is 1.10 bits per heavy atom. The summed E-state index contributed by atoms with van der Waals surface area (Å²) in [6, 6.07) is 18.1. The molecular weight excluding hydrogens is 260 g/mol. The SMILES string of the molecule is O=C(Nc1c[c]ccc1)c1cccc(N2CCCCC2)c1. The molecule has 1 radical (unpaired) electrons. The van der Waals surface area contributed by atoms with Crippen LogP contribution in [0, 0.1) is 6.07 Å². The fraction of sp³-hybridized carbons (Fsp3) is 0.278. The molecule has 0 saturated carbocycles. The van der Waals surface area contributed by atoms with Crippen molar-refractivity contribution in [2.75, 3.05) is 23.3 Å². The van der Waals surface area contributed by atoms with Gasteiger partial charge in [-0.05, 0) is 55.7 Å². The van der Waals surface area contributed by atoms with Crippen molar-refractivity contribution in [3.8, 4) is 0 Å². The molecule has 1 aliphatic rings. The Balaban J connectivity index is 1.74. The lowest BCUT2D eigenvalue weighted by molar-refractivity contribution is 0.102. The van der Waals surface area contributed by atoms with E-state index in [9.17, 15) is 4.79 Å². The molecule has 2 aromatic rings. The zero-order valence-electron chi connectivity index (χ0n) is 12.0. The molecule has 0 aromatic heterocycles. The molecule has 1 fully saturated rings. The molecule has 1 saturated heterocycles. The quantitative estimate of drug-likeness (QED) is 0.928. The monoisotopic (exact) mass is 279 g/mol. The number of piperidine rings is 1. The topological polar surface area (TPSA) is 32.3 Å². The van der Waals surface area contributed by atoms with E-state index in [2.05, 4.69) is 22.3 Å². The van der Waals surface area contributed by atoms with Gasteiger partial charge in [0.1, 0.15) is 0 Å². The van der Waals surface area contributed by atoms with Crippen LogP contribution in [-0.2, 0) is 0 Å². The smallest absolute Gasteiger partial charge is 0.255 e. The van der Waals surface area contributed by atoms with Crippen molar-refractivity contribution >= 4 is 17.3 Å². The molecule has 2 aromatic carbocycles. The van der Waals surface area contributed by atoms with Crippen molar-refractivity contribution in [1.82, 2.24) is 0 Å². The zero-order chi connectivity index (χ0) is 14.5. The minimum absolute atomic E-state index is 0.0755. The van der Waals surface area contributed by atoms with Gasteiger partial charge in [-0.1, -0.05) is 18.2 Å². The fourth-order valence-corrected chi connectivity index (χ4v) is 2.67. The number of amides is 1. The Morgan fingerprint density at radius 2 is 1.95 bits per heavy atom. The molecule has 0 atom stereocenters. The van der Waals surface area contributed by atoms with E-state index in [0.717, 1.165) is 24.5 Å². The van der Waals surface area contributed by atoms with Crippen LogP contribution in [0.1, 0.15) is 29.6 Å². The molecule has 0 spiro atoms. The first-order valence-corrected chi connectivity index (χ1v) is 7.45. The van der Waals surface area contributed by atoms with E-state index in [0.29, 0.717) is 5.56 Å². The van der Waals surface area contributed by atoms with E-state index in [1.165, 1.54) is 19.3 Å². The number of nitrogens with one attached hydrogen (secondary N) is 1. The maximum Gasteiger partial charge on any atom is 0.255 e. The van der Waals surface area contributed by atoms with Gasteiger partial charge in [0, 0.05) is 30.0 Å². The third-order valence-corrected chi connectivity index (χ3v) is 3.79. The summed E-state index contributed by atoms with van der Waals surface area (Å²) >= 11 is 0. The van der Waals surface area contributed by atoms with Gasteiger partial charge in [-0.2, -0.15) is 0 Å². The fourth-order valence-electron chi connectivity index (χ4n) is 2.67. The minimum Gasteiger partial charge on any atom is -0.372 e. The van der Waals surface area contributed by atoms with Crippen LogP contribution in [-0.4, -0.2) is 19.0 Å². The van der Waals surface area contributed by atoms with Crippen LogP contribution in [0.2, 0.25) is 0 Å². The Morgan fingerprint density at radius 3 is 2.71 bits per heavy atom. The van der Waals surface area contributed by atoms with E-state index in [1.54, 1.807) is 6.07 Å². The summed E-state index contributed by atoms with van der Waals surface area (Å²) in [4.78, 5) is 14.7. The highest BCUT2D eigenvalue weighted by Gasteiger charge is 2.13. The van der Waals surface area contributed by atoms with Crippen LogP contribution in [0.15, 0.2) is 48.5 Å². The number of carbonyl (C=O) groups is 1. The van der Waals surface area contributed by atoms with Crippen molar-refractivity contribution in [3.63, 3.8) is 0 Å². The summed E-state index contributed by atoms with van der Waals surface area (Å²) in [5.41, 5.74) is 2.61. The normalized spacial score (nSPS) is 14.8. The number of benzene rings is 2. The molecule has 0 aliphatic carbocycles. The van der Waals surface area contributed by atoms with Crippen LogP contribution >= 0.6 is 0 Å². The van der Waals surface area contributed by atoms with Gasteiger partial charge < -0.3 is 10.2 Å². The van der Waals surface area contributed by atoms with Gasteiger partial charge in [-0.15, -0.1) is 0 Å². The molecule has 0 unspecified atom stereocenters. The van der Waals surface area contributed by atoms with Crippen molar-refractivity contribution < 1.29 is 4.79 Å². The molecular formula is C18H19N2O. The van der Waals surface area contributed by atoms with E-state index >= 15 is 0 Å². The molecule has 107 valence electrons. The van der Waals surface area contributed by atoms with Gasteiger partial charge in [0.2, 0.25) is 0 Å². The van der Waals surface area contributed by atoms with Gasteiger partial charge in [-0.25, -0.2) is 0 Å². The van der Waals surface area contributed by atoms with Gasteiger partial charge in [0.15, 0.2) is 0 Å². The van der Waals surface area contributed by atoms with Crippen LogP contribution in [0.5, 0.6) is 0 Å². The summed E-state index contributed by atoms with van der Waals surface area (Å²) in [6.07, 6.45) is 3.77. The number of anilines is 2. The molecule has 3 heteroatoms. The number of carbonyl (C=O) groups excluding carboxylic acids is 1. The van der Waals surface area contributed by atoms with E-state index in [4.69, 9.17) is 0 Å². The molecule has 1 heterocycles. The average Bonchev–Trinajstić information content (AvgIpc) is 2.57. The van der Waals surface area contributed by atoms with Crippen molar-refractivity contribution in [2.45, 2.75) is 19.3 Å². The van der Waals surface area contributed by atoms with Crippen molar-refractivity contribution in [1.29, 1.82) is 0 Å². The largest absolute Gasteiger partial charge is 0.372 e. The second-order valence-corrected chi connectivity index (χ2v) is 5.34. The first-order valence-electron chi connectivity index (χ1n) is 7.45. The highest BCUT2D eigenvalue weighted by Crippen LogP contribution is 2.21. The summed E-state index contributed by atoms with van der Waals surface area (Å²) < 4.78 is 0. The van der Waals surface area contributed by atoms with Crippen molar-refractivity contribution in [2.24, 2.45) is 0 Å². The van der Waals surface area contributed by atoms with Gasteiger partial charge in [-0.3, -0.25) is 4.79 Å². The lowest BCUT2D eigenvalue weighted by Crippen LogP contribution is -2.29. The highest BCUT2D eigenvalue weighted by atomic mass is 16.1. The highest BCUT2D eigenvalue weighted by molar-refractivity contribution is 6.04. The van der Waals surface area contributed by atoms with Gasteiger partial charge >= 0.3 is 0 Å². The molecule has 1 aliphatic heterocycles. The van der Waals surface area contributed by atoms with Crippen LogP contribution < -0.4 is 10.2 Å². The molecule has 1 N–H and O–H groups in total. The van der Waals surface area contributed by atoms with Crippen molar-refractivity contribution in [3.05, 3.63) is 60.2 Å². The third kappa shape index (κ3) is 3.43. The summed E-state index contributed by atoms with van der Waals surface area (Å²) in [5, 5.41) is 2.90. The Hall–Kier alpha value is -2.29.